The van der Waals surface area contributed by atoms with Gasteiger partial charge in [0, 0.05) is 24.2 Å². The maximum absolute atomic E-state index is 5.94. The molecule has 0 aliphatic heterocycles. The maximum atomic E-state index is 5.94. The van der Waals surface area contributed by atoms with E-state index in [0.717, 1.165) is 22.3 Å². The Morgan fingerprint density at radius 3 is 2.72 bits per heavy atom. The minimum absolute atomic E-state index is 0.527. The Balaban J connectivity index is 2.03. The number of para-hydroxylation sites is 1. The average Bonchev–Trinajstić information content (AvgIpc) is 2.40. The number of rotatable bonds is 2. The Morgan fingerprint density at radius 1 is 1.00 bits per heavy atom. The summed E-state index contributed by atoms with van der Waals surface area (Å²) >= 11 is 0. The van der Waals surface area contributed by atoms with Crippen molar-refractivity contribution in [3.8, 4) is 0 Å². The molecule has 0 amide bonds. The molecule has 4 nitrogen and oxygen atoms in total. The molecule has 2 aromatic heterocycles. The highest BCUT2D eigenvalue weighted by Crippen LogP contribution is 2.18. The Bertz CT molecular complexity index is 680. The summed E-state index contributed by atoms with van der Waals surface area (Å²) in [5, 5.41) is 0.896. The highest BCUT2D eigenvalue weighted by molar-refractivity contribution is 5.87. The van der Waals surface area contributed by atoms with Gasteiger partial charge in [-0.25, -0.2) is 9.97 Å². The van der Waals surface area contributed by atoms with Crippen molar-refractivity contribution >= 4 is 16.7 Å². The Hall–Kier alpha value is -2.49. The molecule has 0 saturated heterocycles. The van der Waals surface area contributed by atoms with E-state index in [2.05, 4.69) is 15.0 Å². The summed E-state index contributed by atoms with van der Waals surface area (Å²) in [5.74, 6) is 1.25. The van der Waals surface area contributed by atoms with E-state index in [0.29, 0.717) is 12.2 Å². The van der Waals surface area contributed by atoms with Crippen LogP contribution >= 0.6 is 0 Å². The number of nitrogens with two attached hydrogens (primary N) is 1. The number of hydrogen-bond donors (Lipinski definition) is 1. The van der Waals surface area contributed by atoms with E-state index in [1.54, 1.807) is 6.20 Å². The Labute approximate surface area is 105 Å². The summed E-state index contributed by atoms with van der Waals surface area (Å²) in [6.07, 6.45) is 4.21. The van der Waals surface area contributed by atoms with E-state index < -0.39 is 0 Å². The second-order valence-corrected chi connectivity index (χ2v) is 4.08. The van der Waals surface area contributed by atoms with Crippen LogP contribution < -0.4 is 5.73 Å². The van der Waals surface area contributed by atoms with Crippen molar-refractivity contribution in [2.45, 2.75) is 6.42 Å². The van der Waals surface area contributed by atoms with E-state index in [1.807, 2.05) is 42.6 Å². The van der Waals surface area contributed by atoms with Crippen molar-refractivity contribution in [3.63, 3.8) is 0 Å². The van der Waals surface area contributed by atoms with Crippen LogP contribution in [0.5, 0.6) is 0 Å². The quantitative estimate of drug-likeness (QED) is 0.740. The summed E-state index contributed by atoms with van der Waals surface area (Å²) in [7, 11) is 0. The van der Waals surface area contributed by atoms with Gasteiger partial charge in [0.2, 0.25) is 0 Å². The highest BCUT2D eigenvalue weighted by atomic mass is 14.9. The molecule has 1 aromatic carbocycles. The monoisotopic (exact) mass is 236 g/mol. The Kier molecular flexibility index (Phi) is 2.61. The second kappa shape index (κ2) is 4.41. The fourth-order valence-corrected chi connectivity index (χ4v) is 1.92. The van der Waals surface area contributed by atoms with Gasteiger partial charge in [-0.15, -0.1) is 0 Å². The zero-order valence-electron chi connectivity index (χ0n) is 9.74. The number of anilines is 1. The molecule has 0 radical (unpaired) electrons. The zero-order chi connectivity index (χ0) is 12.4. The van der Waals surface area contributed by atoms with Crippen molar-refractivity contribution in [1.82, 2.24) is 15.0 Å². The molecule has 0 saturated carbocycles. The molecule has 0 unspecified atom stereocenters. The predicted molar refractivity (Wildman–Crippen MR) is 71.0 cm³/mol. The summed E-state index contributed by atoms with van der Waals surface area (Å²) < 4.78 is 0. The lowest BCUT2D eigenvalue weighted by molar-refractivity contribution is 0.989. The van der Waals surface area contributed by atoms with Crippen LogP contribution in [-0.4, -0.2) is 15.0 Å². The number of fused-ring (bicyclic) bond motifs is 1. The van der Waals surface area contributed by atoms with Crippen LogP contribution in [-0.2, 0) is 6.42 Å². The van der Waals surface area contributed by atoms with Gasteiger partial charge in [0.1, 0.15) is 11.6 Å². The van der Waals surface area contributed by atoms with Crippen LogP contribution in [0.3, 0.4) is 0 Å². The maximum Gasteiger partial charge on any atom is 0.135 e. The van der Waals surface area contributed by atoms with Gasteiger partial charge in [-0.2, -0.15) is 0 Å². The van der Waals surface area contributed by atoms with Crippen LogP contribution in [0.15, 0.2) is 48.8 Å². The van der Waals surface area contributed by atoms with E-state index in [1.165, 1.54) is 0 Å². The van der Waals surface area contributed by atoms with Crippen molar-refractivity contribution in [3.05, 3.63) is 60.2 Å². The van der Waals surface area contributed by atoms with E-state index in [9.17, 15) is 0 Å². The van der Waals surface area contributed by atoms with Crippen molar-refractivity contribution in [2.24, 2.45) is 0 Å². The van der Waals surface area contributed by atoms with Crippen LogP contribution in [0.4, 0.5) is 5.82 Å². The lowest BCUT2D eigenvalue weighted by Gasteiger charge is -2.05. The molecule has 0 fully saturated rings. The molecule has 88 valence electrons. The predicted octanol–water partition coefficient (Wildman–Crippen LogP) is 2.20. The molecular formula is C14H12N4. The molecule has 0 spiro atoms. The number of aromatic nitrogens is 3. The minimum atomic E-state index is 0.527. The first kappa shape index (κ1) is 10.7. The first-order chi connectivity index (χ1) is 8.83. The molecule has 0 aliphatic carbocycles. The largest absolute Gasteiger partial charge is 0.383 e. The van der Waals surface area contributed by atoms with Gasteiger partial charge in [-0.1, -0.05) is 18.2 Å². The van der Waals surface area contributed by atoms with Crippen LogP contribution in [0.25, 0.3) is 10.9 Å². The lowest BCUT2D eigenvalue weighted by atomic mass is 10.2. The molecule has 3 rings (SSSR count). The third-order valence-electron chi connectivity index (χ3n) is 2.76. The van der Waals surface area contributed by atoms with Crippen LogP contribution in [0.2, 0.25) is 0 Å². The smallest absolute Gasteiger partial charge is 0.135 e. The van der Waals surface area contributed by atoms with E-state index in [4.69, 9.17) is 5.73 Å². The lowest BCUT2D eigenvalue weighted by Crippen LogP contribution is -2.02. The number of pyridine rings is 1. The topological polar surface area (TPSA) is 64.7 Å². The summed E-state index contributed by atoms with van der Waals surface area (Å²) in [5.41, 5.74) is 7.90. The van der Waals surface area contributed by atoms with Gasteiger partial charge in [0.15, 0.2) is 0 Å². The van der Waals surface area contributed by atoms with Crippen LogP contribution in [0.1, 0.15) is 11.4 Å². The Morgan fingerprint density at radius 2 is 1.89 bits per heavy atom. The molecule has 2 N–H and O–H groups in total. The fourth-order valence-electron chi connectivity index (χ4n) is 1.92. The summed E-state index contributed by atoms with van der Waals surface area (Å²) in [6, 6.07) is 11.7. The third-order valence-corrected chi connectivity index (χ3v) is 2.76. The molecule has 2 heterocycles. The second-order valence-electron chi connectivity index (χ2n) is 4.08. The van der Waals surface area contributed by atoms with Gasteiger partial charge < -0.3 is 5.73 Å². The average molecular weight is 236 g/mol. The first-order valence-corrected chi connectivity index (χ1v) is 5.73. The highest BCUT2D eigenvalue weighted by Gasteiger charge is 2.05. The van der Waals surface area contributed by atoms with Gasteiger partial charge in [-0.05, 0) is 23.8 Å². The molecule has 4 heteroatoms. The molecular weight excluding hydrogens is 224 g/mol. The normalized spacial score (nSPS) is 10.7. The van der Waals surface area contributed by atoms with Gasteiger partial charge in [0.05, 0.1) is 5.52 Å². The van der Waals surface area contributed by atoms with Crippen LogP contribution in [0, 0.1) is 0 Å². The van der Waals surface area contributed by atoms with Crippen molar-refractivity contribution < 1.29 is 0 Å². The molecule has 18 heavy (non-hydrogen) atoms. The number of benzene rings is 1. The van der Waals surface area contributed by atoms with Crippen molar-refractivity contribution in [1.29, 1.82) is 0 Å². The van der Waals surface area contributed by atoms with E-state index >= 15 is 0 Å². The fraction of sp³-hybridized carbons (Fsp3) is 0.0714. The molecule has 0 bridgehead atoms. The molecule has 0 atom stereocenters. The minimum Gasteiger partial charge on any atom is -0.383 e. The zero-order valence-corrected chi connectivity index (χ0v) is 9.74. The van der Waals surface area contributed by atoms with E-state index in [-0.39, 0.29) is 0 Å². The number of nitrogens with zero attached hydrogens (tertiary/aromatic N) is 3. The van der Waals surface area contributed by atoms with Gasteiger partial charge >= 0.3 is 0 Å². The molecule has 3 aromatic rings. The summed E-state index contributed by atoms with van der Waals surface area (Å²) in [4.78, 5) is 12.9. The number of hydrogen-bond acceptors (Lipinski definition) is 4. The SMILES string of the molecule is Nc1nc(Cc2cccnc2)nc2ccccc12. The standard InChI is InChI=1S/C14H12N4/c15-14-11-5-1-2-6-12(11)17-13(18-14)8-10-4-3-7-16-9-10/h1-7,9H,8H2,(H2,15,17,18). The van der Waals surface area contributed by atoms with Gasteiger partial charge in [0.25, 0.3) is 0 Å². The number of nitrogen functional groups attached to an aromatic ring is 1. The molecule has 0 aliphatic rings. The van der Waals surface area contributed by atoms with Gasteiger partial charge in [-0.3, -0.25) is 4.98 Å². The third kappa shape index (κ3) is 2.00. The summed E-state index contributed by atoms with van der Waals surface area (Å²) in [6.45, 7) is 0. The first-order valence-electron chi connectivity index (χ1n) is 5.73. The van der Waals surface area contributed by atoms with Crippen molar-refractivity contribution in [2.75, 3.05) is 5.73 Å².